The second kappa shape index (κ2) is 7.45. The van der Waals surface area contributed by atoms with Crippen LogP contribution in [0.4, 0.5) is 0 Å². The number of nitrogens with zero attached hydrogens (tertiary/aromatic N) is 1. The summed E-state index contributed by atoms with van der Waals surface area (Å²) >= 11 is 4.22. The van der Waals surface area contributed by atoms with Crippen LogP contribution in [0, 0.1) is 0 Å². The highest BCUT2D eigenvalue weighted by Crippen LogP contribution is 2.24. The first-order chi connectivity index (χ1) is 8.21. The number of hydrogen-bond donors (Lipinski definition) is 1. The zero-order valence-corrected chi connectivity index (χ0v) is 11.7. The third-order valence-corrected chi connectivity index (χ3v) is 2.93. The van der Waals surface area contributed by atoms with Crippen LogP contribution >= 0.6 is 12.6 Å². The maximum Gasteiger partial charge on any atom is 0.122 e. The molecule has 1 aromatic carbocycles. The van der Waals surface area contributed by atoms with Gasteiger partial charge in [-0.15, -0.1) is 0 Å². The molecule has 0 aliphatic carbocycles. The monoisotopic (exact) mass is 255 g/mol. The molecule has 0 aromatic heterocycles. The minimum absolute atomic E-state index is 0.873. The van der Waals surface area contributed by atoms with Crippen LogP contribution in [-0.2, 0) is 6.42 Å². The Hall–Kier alpha value is -0.870. The van der Waals surface area contributed by atoms with Crippen LogP contribution in [0.1, 0.15) is 5.56 Å². The molecule has 96 valence electrons. The molecule has 0 fully saturated rings. The molecule has 1 rings (SSSR count). The molecule has 0 saturated heterocycles. The van der Waals surface area contributed by atoms with E-state index >= 15 is 0 Å². The van der Waals surface area contributed by atoms with E-state index in [0.29, 0.717) is 0 Å². The molecule has 17 heavy (non-hydrogen) atoms. The molecule has 0 bridgehead atoms. The van der Waals surface area contributed by atoms with Gasteiger partial charge in [-0.25, -0.2) is 0 Å². The van der Waals surface area contributed by atoms with Crippen molar-refractivity contribution < 1.29 is 9.47 Å². The molecule has 4 heteroatoms. The van der Waals surface area contributed by atoms with Gasteiger partial charge in [0.15, 0.2) is 0 Å². The van der Waals surface area contributed by atoms with Gasteiger partial charge in [-0.1, -0.05) is 0 Å². The van der Waals surface area contributed by atoms with Crippen LogP contribution in [0.15, 0.2) is 18.2 Å². The fourth-order valence-corrected chi connectivity index (χ4v) is 2.01. The highest BCUT2D eigenvalue weighted by Gasteiger charge is 2.06. The first-order valence-corrected chi connectivity index (χ1v) is 6.34. The van der Waals surface area contributed by atoms with Crippen LogP contribution < -0.4 is 9.47 Å². The van der Waals surface area contributed by atoms with Crippen molar-refractivity contribution in [2.24, 2.45) is 0 Å². The second-order valence-electron chi connectivity index (χ2n) is 3.95. The van der Waals surface area contributed by atoms with Gasteiger partial charge in [-0.2, -0.15) is 12.6 Å². The molecular weight excluding hydrogens is 234 g/mol. The van der Waals surface area contributed by atoms with Crippen molar-refractivity contribution in [1.82, 2.24) is 4.90 Å². The van der Waals surface area contributed by atoms with E-state index in [1.54, 1.807) is 14.2 Å². The molecule has 0 amide bonds. The lowest BCUT2D eigenvalue weighted by Crippen LogP contribution is -2.23. The smallest absolute Gasteiger partial charge is 0.122 e. The van der Waals surface area contributed by atoms with E-state index in [0.717, 1.165) is 36.8 Å². The van der Waals surface area contributed by atoms with Gasteiger partial charge in [0, 0.05) is 18.8 Å². The van der Waals surface area contributed by atoms with Crippen molar-refractivity contribution in [3.05, 3.63) is 23.8 Å². The van der Waals surface area contributed by atoms with Crippen LogP contribution in [0.5, 0.6) is 11.5 Å². The summed E-state index contributed by atoms with van der Waals surface area (Å²) < 4.78 is 10.6. The molecular formula is C13H21NO2S. The van der Waals surface area contributed by atoms with Crippen LogP contribution in [-0.4, -0.2) is 45.0 Å². The standard InChI is InChI=1S/C13H21NO2S/c1-14(8-9-17)7-6-11-10-12(15-2)4-5-13(11)16-3/h4-5,10,17H,6-9H2,1-3H3. The van der Waals surface area contributed by atoms with Crippen molar-refractivity contribution in [2.75, 3.05) is 40.1 Å². The summed E-state index contributed by atoms with van der Waals surface area (Å²) in [6.45, 7) is 1.99. The largest absolute Gasteiger partial charge is 0.497 e. The van der Waals surface area contributed by atoms with Gasteiger partial charge in [-0.3, -0.25) is 0 Å². The minimum Gasteiger partial charge on any atom is -0.497 e. The number of thiol groups is 1. The summed E-state index contributed by atoms with van der Waals surface area (Å²) in [5, 5.41) is 0. The normalized spacial score (nSPS) is 10.6. The van der Waals surface area contributed by atoms with E-state index in [4.69, 9.17) is 9.47 Å². The summed E-state index contributed by atoms with van der Waals surface area (Å²) in [6.07, 6.45) is 0.949. The summed E-state index contributed by atoms with van der Waals surface area (Å²) in [5.41, 5.74) is 1.18. The first kappa shape index (κ1) is 14.2. The Morgan fingerprint density at radius 3 is 2.53 bits per heavy atom. The lowest BCUT2D eigenvalue weighted by atomic mass is 10.1. The average molecular weight is 255 g/mol. The van der Waals surface area contributed by atoms with Gasteiger partial charge < -0.3 is 14.4 Å². The van der Waals surface area contributed by atoms with Crippen LogP contribution in [0.3, 0.4) is 0 Å². The molecule has 0 saturated carbocycles. The maximum absolute atomic E-state index is 5.35. The molecule has 0 aliphatic heterocycles. The quantitative estimate of drug-likeness (QED) is 0.754. The molecule has 1 aromatic rings. The van der Waals surface area contributed by atoms with E-state index < -0.39 is 0 Å². The Balaban J connectivity index is 2.67. The predicted octanol–water partition coefficient (Wildman–Crippen LogP) is 2.11. The number of hydrogen-bond acceptors (Lipinski definition) is 4. The summed E-state index contributed by atoms with van der Waals surface area (Å²) in [7, 11) is 5.48. The molecule has 0 atom stereocenters. The SMILES string of the molecule is COc1ccc(OC)c(CCN(C)CCS)c1. The van der Waals surface area contributed by atoms with Gasteiger partial charge in [-0.05, 0) is 37.2 Å². The molecule has 0 radical (unpaired) electrons. The van der Waals surface area contributed by atoms with Gasteiger partial charge in [0.25, 0.3) is 0 Å². The third kappa shape index (κ3) is 4.48. The van der Waals surface area contributed by atoms with E-state index in [1.807, 2.05) is 18.2 Å². The van der Waals surface area contributed by atoms with E-state index in [1.165, 1.54) is 5.56 Å². The van der Waals surface area contributed by atoms with Crippen LogP contribution in [0.2, 0.25) is 0 Å². The number of ether oxygens (including phenoxy) is 2. The highest BCUT2D eigenvalue weighted by molar-refractivity contribution is 7.80. The van der Waals surface area contributed by atoms with Gasteiger partial charge in [0.05, 0.1) is 14.2 Å². The van der Waals surface area contributed by atoms with Crippen molar-refractivity contribution in [1.29, 1.82) is 0 Å². The minimum atomic E-state index is 0.873. The van der Waals surface area contributed by atoms with Gasteiger partial charge in [0.1, 0.15) is 11.5 Å². The van der Waals surface area contributed by atoms with Crippen molar-refractivity contribution in [3.8, 4) is 11.5 Å². The lowest BCUT2D eigenvalue weighted by Gasteiger charge is -2.16. The highest BCUT2D eigenvalue weighted by atomic mass is 32.1. The lowest BCUT2D eigenvalue weighted by molar-refractivity contribution is 0.354. The fourth-order valence-electron chi connectivity index (χ4n) is 1.67. The third-order valence-electron chi connectivity index (χ3n) is 2.73. The Morgan fingerprint density at radius 2 is 1.94 bits per heavy atom. The number of likely N-dealkylation sites (N-methyl/N-ethyl adjacent to an activating group) is 1. The Morgan fingerprint density at radius 1 is 1.18 bits per heavy atom. The molecule has 0 aliphatic rings. The van der Waals surface area contributed by atoms with Crippen molar-refractivity contribution in [2.45, 2.75) is 6.42 Å². The summed E-state index contributed by atoms with van der Waals surface area (Å²) in [4.78, 5) is 2.26. The van der Waals surface area contributed by atoms with E-state index in [9.17, 15) is 0 Å². The Labute approximate surface area is 109 Å². The molecule has 0 N–H and O–H groups in total. The molecule has 0 spiro atoms. The fraction of sp³-hybridized carbons (Fsp3) is 0.538. The number of methoxy groups -OCH3 is 2. The molecule has 0 heterocycles. The van der Waals surface area contributed by atoms with Crippen LogP contribution in [0.25, 0.3) is 0 Å². The topological polar surface area (TPSA) is 21.7 Å². The van der Waals surface area contributed by atoms with Gasteiger partial charge in [0.2, 0.25) is 0 Å². The number of rotatable bonds is 7. The Kier molecular flexibility index (Phi) is 6.22. The van der Waals surface area contributed by atoms with E-state index in [2.05, 4.69) is 24.6 Å². The molecule has 0 unspecified atom stereocenters. The predicted molar refractivity (Wildman–Crippen MR) is 74.6 cm³/mol. The van der Waals surface area contributed by atoms with Crippen molar-refractivity contribution in [3.63, 3.8) is 0 Å². The van der Waals surface area contributed by atoms with E-state index in [-0.39, 0.29) is 0 Å². The maximum atomic E-state index is 5.35. The zero-order valence-electron chi connectivity index (χ0n) is 10.8. The van der Waals surface area contributed by atoms with Gasteiger partial charge >= 0.3 is 0 Å². The Bertz CT molecular complexity index is 344. The molecule has 3 nitrogen and oxygen atoms in total. The second-order valence-corrected chi connectivity index (χ2v) is 4.40. The van der Waals surface area contributed by atoms with Crippen molar-refractivity contribution >= 4 is 12.6 Å². The first-order valence-electron chi connectivity index (χ1n) is 5.71. The summed E-state index contributed by atoms with van der Waals surface area (Å²) in [5.74, 6) is 2.67. The zero-order chi connectivity index (χ0) is 12.7. The average Bonchev–Trinajstić information content (AvgIpc) is 2.36. The summed E-state index contributed by atoms with van der Waals surface area (Å²) in [6, 6.07) is 5.90. The number of benzene rings is 1.